The van der Waals surface area contributed by atoms with E-state index in [9.17, 15) is 4.79 Å². The fourth-order valence-corrected chi connectivity index (χ4v) is 1.95. The number of carboxylic acid groups (broad SMARTS) is 1. The molecule has 72 valence electrons. The molecule has 0 unspecified atom stereocenters. The summed E-state index contributed by atoms with van der Waals surface area (Å²) in [7, 11) is 3.91. The molecule has 4 nitrogen and oxygen atoms in total. The summed E-state index contributed by atoms with van der Waals surface area (Å²) in [6.45, 7) is 0.768. The van der Waals surface area contributed by atoms with Gasteiger partial charge in [0, 0.05) is 17.6 Å². The van der Waals surface area contributed by atoms with E-state index >= 15 is 0 Å². The Hall–Kier alpha value is -0.940. The van der Waals surface area contributed by atoms with E-state index in [0.717, 1.165) is 16.4 Å². The van der Waals surface area contributed by atoms with Crippen LogP contribution in [0.4, 0.5) is 0 Å². The van der Waals surface area contributed by atoms with Crippen molar-refractivity contribution in [1.29, 1.82) is 0 Å². The lowest BCUT2D eigenvalue weighted by molar-refractivity contribution is -0.136. The van der Waals surface area contributed by atoms with Crippen LogP contribution in [0.15, 0.2) is 6.20 Å². The van der Waals surface area contributed by atoms with E-state index in [1.807, 2.05) is 19.0 Å². The van der Waals surface area contributed by atoms with E-state index in [0.29, 0.717) is 0 Å². The van der Waals surface area contributed by atoms with E-state index in [1.54, 1.807) is 6.20 Å². The third kappa shape index (κ3) is 3.52. The average Bonchev–Trinajstić information content (AvgIpc) is 2.33. The zero-order chi connectivity index (χ0) is 9.84. The molecule has 0 bridgehead atoms. The summed E-state index contributed by atoms with van der Waals surface area (Å²) in [6, 6.07) is 0. The van der Waals surface area contributed by atoms with Gasteiger partial charge in [0.05, 0.1) is 6.42 Å². The Kier molecular flexibility index (Phi) is 3.39. The smallest absolute Gasteiger partial charge is 0.308 e. The standard InChI is InChI=1S/C8H12N2O2S/c1-10(2)5-7-9-4-6(13-7)3-8(11)12/h4H,3,5H2,1-2H3,(H,11,12). The van der Waals surface area contributed by atoms with Crippen molar-refractivity contribution in [3.63, 3.8) is 0 Å². The second-order valence-corrected chi connectivity index (χ2v) is 4.23. The van der Waals surface area contributed by atoms with Gasteiger partial charge in [-0.2, -0.15) is 0 Å². The number of thiazole rings is 1. The molecule has 0 amide bonds. The quantitative estimate of drug-likeness (QED) is 0.782. The lowest BCUT2D eigenvalue weighted by Gasteiger charge is -2.04. The predicted octanol–water partition coefficient (Wildman–Crippen LogP) is 0.832. The molecule has 1 aromatic rings. The van der Waals surface area contributed by atoms with E-state index in [1.165, 1.54) is 11.3 Å². The van der Waals surface area contributed by atoms with Crippen molar-refractivity contribution in [1.82, 2.24) is 9.88 Å². The van der Waals surface area contributed by atoms with Crippen LogP contribution in [0.1, 0.15) is 9.88 Å². The molecule has 0 aliphatic rings. The predicted molar refractivity (Wildman–Crippen MR) is 50.8 cm³/mol. The molecule has 0 atom stereocenters. The topological polar surface area (TPSA) is 53.4 Å². The molecule has 0 saturated heterocycles. The van der Waals surface area contributed by atoms with Crippen LogP contribution in [-0.4, -0.2) is 35.1 Å². The van der Waals surface area contributed by atoms with Gasteiger partial charge < -0.3 is 10.0 Å². The van der Waals surface area contributed by atoms with E-state index < -0.39 is 5.97 Å². The molecule has 1 aromatic heterocycles. The van der Waals surface area contributed by atoms with Crippen LogP contribution in [0, 0.1) is 0 Å². The molecule has 0 aromatic carbocycles. The number of aliphatic carboxylic acids is 1. The van der Waals surface area contributed by atoms with Gasteiger partial charge in [0.15, 0.2) is 0 Å². The molecule has 0 saturated carbocycles. The average molecular weight is 200 g/mol. The maximum absolute atomic E-state index is 10.4. The Morgan fingerprint density at radius 2 is 2.38 bits per heavy atom. The van der Waals surface area contributed by atoms with Gasteiger partial charge in [-0.25, -0.2) is 4.98 Å². The Morgan fingerprint density at radius 3 is 2.92 bits per heavy atom. The van der Waals surface area contributed by atoms with Crippen LogP contribution >= 0.6 is 11.3 Å². The summed E-state index contributed by atoms with van der Waals surface area (Å²) in [4.78, 5) is 17.3. The Morgan fingerprint density at radius 1 is 1.69 bits per heavy atom. The van der Waals surface area contributed by atoms with Gasteiger partial charge in [-0.3, -0.25) is 4.79 Å². The molecule has 0 spiro atoms. The number of carbonyl (C=O) groups is 1. The lowest BCUT2D eigenvalue weighted by atomic mass is 10.4. The normalized spacial score (nSPS) is 10.7. The van der Waals surface area contributed by atoms with Crippen LogP contribution in [0.5, 0.6) is 0 Å². The Balaban J connectivity index is 2.58. The second-order valence-electron chi connectivity index (χ2n) is 3.03. The molecule has 1 rings (SSSR count). The molecular weight excluding hydrogens is 188 g/mol. The highest BCUT2D eigenvalue weighted by atomic mass is 32.1. The van der Waals surface area contributed by atoms with Crippen molar-refractivity contribution in [3.05, 3.63) is 16.1 Å². The summed E-state index contributed by atoms with van der Waals surface area (Å²) in [6.07, 6.45) is 1.71. The molecule has 13 heavy (non-hydrogen) atoms. The number of carboxylic acids is 1. The zero-order valence-electron chi connectivity index (χ0n) is 7.65. The largest absolute Gasteiger partial charge is 0.481 e. The number of rotatable bonds is 4. The molecule has 1 N–H and O–H groups in total. The summed E-state index contributed by atoms with van der Waals surface area (Å²) in [5.74, 6) is -0.806. The highest BCUT2D eigenvalue weighted by Crippen LogP contribution is 2.14. The Bertz CT molecular complexity index is 296. The van der Waals surface area contributed by atoms with Crippen molar-refractivity contribution >= 4 is 17.3 Å². The monoisotopic (exact) mass is 200 g/mol. The number of nitrogens with zero attached hydrogens (tertiary/aromatic N) is 2. The van der Waals surface area contributed by atoms with Crippen LogP contribution in [0.3, 0.4) is 0 Å². The first-order valence-corrected chi connectivity index (χ1v) is 4.69. The van der Waals surface area contributed by atoms with Crippen molar-refractivity contribution in [2.45, 2.75) is 13.0 Å². The van der Waals surface area contributed by atoms with Crippen molar-refractivity contribution in [3.8, 4) is 0 Å². The van der Waals surface area contributed by atoms with Gasteiger partial charge in [-0.15, -0.1) is 11.3 Å². The first-order valence-electron chi connectivity index (χ1n) is 3.88. The van der Waals surface area contributed by atoms with Gasteiger partial charge >= 0.3 is 5.97 Å². The first-order chi connectivity index (χ1) is 6.08. The lowest BCUT2D eigenvalue weighted by Crippen LogP contribution is -2.09. The van der Waals surface area contributed by atoms with Crippen LogP contribution in [-0.2, 0) is 17.8 Å². The molecule has 5 heteroatoms. The van der Waals surface area contributed by atoms with Crippen molar-refractivity contribution in [2.24, 2.45) is 0 Å². The van der Waals surface area contributed by atoms with E-state index in [-0.39, 0.29) is 6.42 Å². The third-order valence-corrected chi connectivity index (χ3v) is 2.36. The van der Waals surface area contributed by atoms with Gasteiger partial charge in [-0.05, 0) is 14.1 Å². The minimum atomic E-state index is -0.806. The minimum Gasteiger partial charge on any atom is -0.481 e. The number of hydrogen-bond donors (Lipinski definition) is 1. The Labute approximate surface area is 80.8 Å². The fourth-order valence-electron chi connectivity index (χ4n) is 0.922. The second kappa shape index (κ2) is 4.34. The number of hydrogen-bond acceptors (Lipinski definition) is 4. The third-order valence-electron chi connectivity index (χ3n) is 1.38. The highest BCUT2D eigenvalue weighted by molar-refractivity contribution is 7.11. The van der Waals surface area contributed by atoms with Crippen molar-refractivity contribution < 1.29 is 9.90 Å². The summed E-state index contributed by atoms with van der Waals surface area (Å²) in [5.41, 5.74) is 0. The molecule has 0 aliphatic carbocycles. The van der Waals surface area contributed by atoms with E-state index in [2.05, 4.69) is 4.98 Å². The van der Waals surface area contributed by atoms with Crippen LogP contribution in [0.25, 0.3) is 0 Å². The summed E-state index contributed by atoms with van der Waals surface area (Å²) < 4.78 is 0. The van der Waals surface area contributed by atoms with Gasteiger partial charge in [0.25, 0.3) is 0 Å². The van der Waals surface area contributed by atoms with Gasteiger partial charge in [0.1, 0.15) is 5.01 Å². The van der Waals surface area contributed by atoms with Crippen molar-refractivity contribution in [2.75, 3.05) is 14.1 Å². The maximum atomic E-state index is 10.4. The summed E-state index contributed by atoms with van der Waals surface area (Å²) in [5, 5.41) is 9.49. The molecule has 0 radical (unpaired) electrons. The highest BCUT2D eigenvalue weighted by Gasteiger charge is 2.06. The van der Waals surface area contributed by atoms with Crippen LogP contribution in [0.2, 0.25) is 0 Å². The molecule has 0 aliphatic heterocycles. The SMILES string of the molecule is CN(C)Cc1ncc(CC(=O)O)s1. The molecule has 0 fully saturated rings. The summed E-state index contributed by atoms with van der Waals surface area (Å²) >= 11 is 1.46. The van der Waals surface area contributed by atoms with E-state index in [4.69, 9.17) is 5.11 Å². The molecule has 1 heterocycles. The maximum Gasteiger partial charge on any atom is 0.308 e. The fraction of sp³-hybridized carbons (Fsp3) is 0.500. The minimum absolute atomic E-state index is 0.0745. The van der Waals surface area contributed by atoms with Gasteiger partial charge in [-0.1, -0.05) is 0 Å². The zero-order valence-corrected chi connectivity index (χ0v) is 8.47. The first kappa shape index (κ1) is 10.1. The van der Waals surface area contributed by atoms with Crippen LogP contribution < -0.4 is 0 Å². The molecular formula is C8H12N2O2S. The van der Waals surface area contributed by atoms with Gasteiger partial charge in [0.2, 0.25) is 0 Å². The number of aromatic nitrogens is 1.